The molecule has 1 aromatic carbocycles. The summed E-state index contributed by atoms with van der Waals surface area (Å²) in [5.74, 6) is -0.770. The van der Waals surface area contributed by atoms with Gasteiger partial charge in [-0.15, -0.1) is 0 Å². The molecule has 2 aromatic rings. The predicted octanol–water partition coefficient (Wildman–Crippen LogP) is 2.33. The lowest BCUT2D eigenvalue weighted by atomic mass is 10.1. The summed E-state index contributed by atoms with van der Waals surface area (Å²) in [6.45, 7) is 0.435. The largest absolute Gasteiger partial charge is 0.465 e. The maximum Gasteiger partial charge on any atom is 0.349 e. The van der Waals surface area contributed by atoms with Gasteiger partial charge in [-0.3, -0.25) is 10.1 Å². The molecular weight excluding hydrogens is 292 g/mol. The second kappa shape index (κ2) is 6.96. The molecule has 0 spiro atoms. The number of benzene rings is 1. The van der Waals surface area contributed by atoms with Crippen LogP contribution in [0, 0.1) is 0 Å². The lowest BCUT2D eigenvalue weighted by Crippen LogP contribution is -2.11. The summed E-state index contributed by atoms with van der Waals surface area (Å²) in [6.07, 6.45) is 1.37. The van der Waals surface area contributed by atoms with E-state index in [9.17, 15) is 9.59 Å². The van der Waals surface area contributed by atoms with E-state index in [1.165, 1.54) is 13.3 Å². The monoisotopic (exact) mass is 306 g/mol. The first-order valence-electron chi connectivity index (χ1n) is 6.07. The summed E-state index contributed by atoms with van der Waals surface area (Å²) in [5, 5.41) is 2.99. The number of thiazole rings is 1. The van der Waals surface area contributed by atoms with Gasteiger partial charge in [-0.05, 0) is 17.7 Å². The topological polar surface area (TPSA) is 77.5 Å². The van der Waals surface area contributed by atoms with Crippen LogP contribution in [0.3, 0.4) is 0 Å². The number of aromatic nitrogens is 1. The minimum Gasteiger partial charge on any atom is -0.465 e. The number of hydrogen-bond acceptors (Lipinski definition) is 6. The average Bonchev–Trinajstić information content (AvgIpc) is 2.95. The molecule has 6 nitrogen and oxygen atoms in total. The van der Waals surface area contributed by atoms with Crippen LogP contribution in [-0.4, -0.2) is 31.1 Å². The van der Waals surface area contributed by atoms with E-state index >= 15 is 0 Å². The van der Waals surface area contributed by atoms with Crippen molar-refractivity contribution in [1.82, 2.24) is 4.98 Å². The van der Waals surface area contributed by atoms with Crippen molar-refractivity contribution in [3.63, 3.8) is 0 Å². The molecule has 2 rings (SSSR count). The van der Waals surface area contributed by atoms with Crippen LogP contribution in [0.2, 0.25) is 0 Å². The molecular formula is C14H14N2O4S. The number of methoxy groups -OCH3 is 2. The Bertz CT molecular complexity index is 654. The summed E-state index contributed by atoms with van der Waals surface area (Å²) in [5.41, 5.74) is 1.40. The van der Waals surface area contributed by atoms with Crippen LogP contribution >= 0.6 is 11.3 Å². The maximum atomic E-state index is 12.1. The number of amides is 1. The van der Waals surface area contributed by atoms with Gasteiger partial charge < -0.3 is 9.47 Å². The molecule has 0 aliphatic carbocycles. The van der Waals surface area contributed by atoms with E-state index in [0.717, 1.165) is 16.9 Å². The molecule has 0 aliphatic heterocycles. The van der Waals surface area contributed by atoms with Crippen molar-refractivity contribution in [3.8, 4) is 0 Å². The third-order valence-electron chi connectivity index (χ3n) is 2.61. The molecule has 21 heavy (non-hydrogen) atoms. The van der Waals surface area contributed by atoms with Crippen LogP contribution in [-0.2, 0) is 16.1 Å². The Morgan fingerprint density at radius 3 is 2.86 bits per heavy atom. The van der Waals surface area contributed by atoms with Crippen LogP contribution in [0.1, 0.15) is 25.6 Å². The molecule has 1 N–H and O–H groups in total. The molecule has 0 unspecified atom stereocenters. The molecule has 0 saturated carbocycles. The van der Waals surface area contributed by atoms with E-state index in [2.05, 4.69) is 15.0 Å². The highest BCUT2D eigenvalue weighted by Crippen LogP contribution is 2.19. The van der Waals surface area contributed by atoms with Gasteiger partial charge in [0.1, 0.15) is 4.88 Å². The van der Waals surface area contributed by atoms with Crippen molar-refractivity contribution in [2.24, 2.45) is 0 Å². The van der Waals surface area contributed by atoms with E-state index in [0.29, 0.717) is 22.2 Å². The molecule has 0 aliphatic rings. The lowest BCUT2D eigenvalue weighted by Gasteiger charge is -2.04. The molecule has 1 aromatic heterocycles. The van der Waals surface area contributed by atoms with Crippen molar-refractivity contribution in [1.29, 1.82) is 0 Å². The van der Waals surface area contributed by atoms with Crippen molar-refractivity contribution in [2.45, 2.75) is 6.61 Å². The van der Waals surface area contributed by atoms with Crippen LogP contribution in [0.25, 0.3) is 0 Å². The molecule has 1 heterocycles. The van der Waals surface area contributed by atoms with E-state index in [-0.39, 0.29) is 5.91 Å². The molecule has 0 bridgehead atoms. The normalized spacial score (nSPS) is 10.2. The summed E-state index contributed by atoms with van der Waals surface area (Å²) >= 11 is 1.06. The zero-order valence-corrected chi connectivity index (χ0v) is 12.4. The first-order chi connectivity index (χ1) is 10.1. The van der Waals surface area contributed by atoms with E-state index in [1.807, 2.05) is 6.07 Å². The van der Waals surface area contributed by atoms with Gasteiger partial charge in [0, 0.05) is 12.7 Å². The number of esters is 1. The summed E-state index contributed by atoms with van der Waals surface area (Å²) in [4.78, 5) is 27.7. The van der Waals surface area contributed by atoms with Crippen molar-refractivity contribution < 1.29 is 19.1 Å². The maximum absolute atomic E-state index is 12.1. The number of rotatable bonds is 5. The van der Waals surface area contributed by atoms with Gasteiger partial charge in [0.25, 0.3) is 5.91 Å². The van der Waals surface area contributed by atoms with Gasteiger partial charge >= 0.3 is 5.97 Å². The van der Waals surface area contributed by atoms with E-state index in [4.69, 9.17) is 4.74 Å². The second-order valence-corrected chi connectivity index (χ2v) is 5.14. The number of nitrogens with zero attached hydrogens (tertiary/aromatic N) is 1. The van der Waals surface area contributed by atoms with Crippen molar-refractivity contribution >= 4 is 28.3 Å². The minimum atomic E-state index is -0.477. The molecule has 0 atom stereocenters. The molecule has 110 valence electrons. The first-order valence-corrected chi connectivity index (χ1v) is 6.89. The Hall–Kier alpha value is -2.25. The number of carbonyl (C=O) groups is 2. The number of carbonyl (C=O) groups excluding carboxylic acids is 2. The first kappa shape index (κ1) is 15.1. The van der Waals surface area contributed by atoms with Gasteiger partial charge in [0.05, 0.1) is 19.9 Å². The highest BCUT2D eigenvalue weighted by molar-refractivity contribution is 7.17. The molecule has 7 heteroatoms. The molecule has 0 radical (unpaired) electrons. The highest BCUT2D eigenvalue weighted by Gasteiger charge is 2.13. The Labute approximate surface area is 125 Å². The van der Waals surface area contributed by atoms with E-state index < -0.39 is 5.97 Å². The van der Waals surface area contributed by atoms with Gasteiger partial charge in [0.15, 0.2) is 5.13 Å². The SMILES string of the molecule is COCc1cccc(C(=O)Nc2ncc(C(=O)OC)s2)c1. The third kappa shape index (κ3) is 3.87. The summed E-state index contributed by atoms with van der Waals surface area (Å²) in [6, 6.07) is 7.10. The van der Waals surface area contributed by atoms with Crippen LogP contribution < -0.4 is 5.32 Å². The predicted molar refractivity (Wildman–Crippen MR) is 78.6 cm³/mol. The fourth-order valence-electron chi connectivity index (χ4n) is 1.67. The quantitative estimate of drug-likeness (QED) is 0.858. The van der Waals surface area contributed by atoms with Crippen LogP contribution in [0.4, 0.5) is 5.13 Å². The van der Waals surface area contributed by atoms with E-state index in [1.54, 1.807) is 25.3 Å². The standard InChI is InChI=1S/C14H14N2O4S/c1-19-8-9-4-3-5-10(6-9)12(17)16-14-15-7-11(21-14)13(18)20-2/h3-7H,8H2,1-2H3,(H,15,16,17). The third-order valence-corrected chi connectivity index (χ3v) is 3.51. The summed E-state index contributed by atoms with van der Waals surface area (Å²) in [7, 11) is 2.89. The molecule has 0 fully saturated rings. The highest BCUT2D eigenvalue weighted by atomic mass is 32.1. The van der Waals surface area contributed by atoms with Gasteiger partial charge in [-0.1, -0.05) is 23.5 Å². The molecule has 0 saturated heterocycles. The molecule has 1 amide bonds. The number of anilines is 1. The fourth-order valence-corrected chi connectivity index (χ4v) is 2.39. The van der Waals surface area contributed by atoms with Gasteiger partial charge in [-0.2, -0.15) is 0 Å². The Morgan fingerprint density at radius 1 is 1.33 bits per heavy atom. The Morgan fingerprint density at radius 2 is 2.14 bits per heavy atom. The Kier molecular flexibility index (Phi) is 5.02. The summed E-state index contributed by atoms with van der Waals surface area (Å²) < 4.78 is 9.62. The lowest BCUT2D eigenvalue weighted by molar-refractivity contribution is 0.0606. The van der Waals surface area contributed by atoms with Gasteiger partial charge in [0.2, 0.25) is 0 Å². The van der Waals surface area contributed by atoms with Crippen LogP contribution in [0.5, 0.6) is 0 Å². The average molecular weight is 306 g/mol. The zero-order chi connectivity index (χ0) is 15.2. The van der Waals surface area contributed by atoms with Gasteiger partial charge in [-0.25, -0.2) is 9.78 Å². The van der Waals surface area contributed by atoms with Crippen LogP contribution in [0.15, 0.2) is 30.5 Å². The smallest absolute Gasteiger partial charge is 0.349 e. The fraction of sp³-hybridized carbons (Fsp3) is 0.214. The van der Waals surface area contributed by atoms with Crippen molar-refractivity contribution in [3.05, 3.63) is 46.5 Å². The number of ether oxygens (including phenoxy) is 2. The Balaban J connectivity index is 2.09. The minimum absolute atomic E-state index is 0.293. The number of nitrogens with one attached hydrogen (secondary N) is 1. The zero-order valence-electron chi connectivity index (χ0n) is 11.6. The number of hydrogen-bond donors (Lipinski definition) is 1. The second-order valence-electron chi connectivity index (χ2n) is 4.11. The van der Waals surface area contributed by atoms with Crippen molar-refractivity contribution in [2.75, 3.05) is 19.5 Å².